The summed E-state index contributed by atoms with van der Waals surface area (Å²) in [5.41, 5.74) is 2.02. The highest BCUT2D eigenvalue weighted by molar-refractivity contribution is 9.11. The van der Waals surface area contributed by atoms with E-state index >= 15 is 0 Å². The van der Waals surface area contributed by atoms with E-state index in [0.29, 0.717) is 4.88 Å². The molecular weight excluding hydrogens is 371 g/mol. The predicted molar refractivity (Wildman–Crippen MR) is 76.2 cm³/mol. The number of benzene rings is 1. The molecule has 0 aliphatic rings. The van der Waals surface area contributed by atoms with Crippen molar-refractivity contribution in [1.82, 2.24) is 10.3 Å². The Balaban J connectivity index is 2.10. The lowest BCUT2D eigenvalue weighted by Crippen LogP contribution is -2.41. The summed E-state index contributed by atoms with van der Waals surface area (Å²) in [6.07, 6.45) is 0. The quantitative estimate of drug-likeness (QED) is 0.801. The predicted octanol–water partition coefficient (Wildman–Crippen LogP) is 2.27. The molecule has 1 amide bonds. The lowest BCUT2D eigenvalue weighted by atomic mass is 10.4. The molecule has 0 spiro atoms. The van der Waals surface area contributed by atoms with Gasteiger partial charge in [-0.15, -0.1) is 16.2 Å². The van der Waals surface area contributed by atoms with E-state index in [1.54, 1.807) is 6.07 Å². The Kier molecular flexibility index (Phi) is 4.53. The number of thiophene rings is 1. The molecule has 2 aromatic rings. The van der Waals surface area contributed by atoms with Gasteiger partial charge in [-0.05, 0) is 40.2 Å². The molecule has 1 heterocycles. The van der Waals surface area contributed by atoms with Gasteiger partial charge >= 0.3 is 0 Å². The summed E-state index contributed by atoms with van der Waals surface area (Å²) in [7, 11) is -4.15. The number of nitrogens with one attached hydrogen (secondary N) is 2. The van der Waals surface area contributed by atoms with Crippen LogP contribution < -0.4 is 10.3 Å². The Morgan fingerprint density at radius 2 is 1.90 bits per heavy atom. The molecule has 1 aromatic carbocycles. The Morgan fingerprint density at radius 1 is 1.20 bits per heavy atom. The zero-order valence-electron chi connectivity index (χ0n) is 9.76. The van der Waals surface area contributed by atoms with Gasteiger partial charge in [0.25, 0.3) is 15.9 Å². The second-order valence-corrected chi connectivity index (χ2v) is 7.71. The monoisotopic (exact) mass is 378 g/mol. The maximum atomic E-state index is 13.4. The SMILES string of the molecule is O=C(NNS(=O)(=O)c1ccccc1F)c1ccc(Br)s1. The zero-order valence-corrected chi connectivity index (χ0v) is 13.0. The van der Waals surface area contributed by atoms with E-state index < -0.39 is 26.6 Å². The van der Waals surface area contributed by atoms with Gasteiger partial charge in [-0.2, -0.15) is 0 Å². The second-order valence-electron chi connectivity index (χ2n) is 3.59. The fourth-order valence-corrected chi connectivity index (χ4v) is 3.53. The molecule has 0 unspecified atom stereocenters. The first-order valence-corrected chi connectivity index (χ1v) is 8.31. The molecule has 5 nitrogen and oxygen atoms in total. The van der Waals surface area contributed by atoms with Crippen molar-refractivity contribution in [3.63, 3.8) is 0 Å². The number of hydrogen-bond donors (Lipinski definition) is 2. The van der Waals surface area contributed by atoms with E-state index in [0.717, 1.165) is 27.3 Å². The minimum absolute atomic E-state index is 0.313. The molecule has 20 heavy (non-hydrogen) atoms. The molecule has 2 N–H and O–H groups in total. The van der Waals surface area contributed by atoms with Gasteiger partial charge in [0.2, 0.25) is 0 Å². The molecule has 1 aromatic heterocycles. The Hall–Kier alpha value is -1.29. The van der Waals surface area contributed by atoms with Crippen LogP contribution in [0.25, 0.3) is 0 Å². The lowest BCUT2D eigenvalue weighted by Gasteiger charge is -2.08. The number of amides is 1. The van der Waals surface area contributed by atoms with Crippen molar-refractivity contribution in [2.45, 2.75) is 4.90 Å². The van der Waals surface area contributed by atoms with Crippen LogP contribution >= 0.6 is 27.3 Å². The number of rotatable bonds is 4. The molecule has 0 saturated carbocycles. The molecule has 0 fully saturated rings. The highest BCUT2D eigenvalue weighted by Crippen LogP contribution is 2.21. The second kappa shape index (κ2) is 6.00. The van der Waals surface area contributed by atoms with Crippen LogP contribution in [0.3, 0.4) is 0 Å². The molecule has 0 atom stereocenters. The third-order valence-electron chi connectivity index (χ3n) is 2.22. The standard InChI is InChI=1S/C11H8BrFN2O3S2/c12-10-6-5-8(19-10)11(16)14-15-20(17,18)9-4-2-1-3-7(9)13/h1-6,15H,(H,14,16). The van der Waals surface area contributed by atoms with E-state index in [4.69, 9.17) is 0 Å². The number of carbonyl (C=O) groups is 1. The van der Waals surface area contributed by atoms with Crippen LogP contribution in [0.15, 0.2) is 45.1 Å². The van der Waals surface area contributed by atoms with Crippen LogP contribution in [0.2, 0.25) is 0 Å². The highest BCUT2D eigenvalue weighted by atomic mass is 79.9. The number of sulfonamides is 1. The zero-order chi connectivity index (χ0) is 14.8. The number of hydrazine groups is 1. The van der Waals surface area contributed by atoms with E-state index in [2.05, 4.69) is 15.9 Å². The summed E-state index contributed by atoms with van der Waals surface area (Å²) >= 11 is 4.33. The van der Waals surface area contributed by atoms with Gasteiger partial charge in [0.15, 0.2) is 0 Å². The van der Waals surface area contributed by atoms with E-state index in [1.165, 1.54) is 18.2 Å². The average molecular weight is 379 g/mol. The first kappa shape index (κ1) is 15.1. The molecule has 0 saturated heterocycles. The Bertz CT molecular complexity index is 746. The van der Waals surface area contributed by atoms with Crippen LogP contribution in [-0.4, -0.2) is 14.3 Å². The molecule has 0 aliphatic heterocycles. The van der Waals surface area contributed by atoms with Gasteiger partial charge in [-0.25, -0.2) is 12.8 Å². The van der Waals surface area contributed by atoms with Gasteiger partial charge in [-0.3, -0.25) is 10.2 Å². The largest absolute Gasteiger partial charge is 0.276 e. The van der Waals surface area contributed by atoms with Gasteiger partial charge in [-0.1, -0.05) is 12.1 Å². The maximum Gasteiger partial charge on any atom is 0.276 e. The Morgan fingerprint density at radius 3 is 2.50 bits per heavy atom. The van der Waals surface area contributed by atoms with Crippen molar-refractivity contribution in [3.8, 4) is 0 Å². The van der Waals surface area contributed by atoms with Gasteiger partial charge in [0.1, 0.15) is 10.7 Å². The van der Waals surface area contributed by atoms with E-state index in [9.17, 15) is 17.6 Å². The molecular formula is C11H8BrFN2O3S2. The van der Waals surface area contributed by atoms with Crippen LogP contribution in [0.4, 0.5) is 4.39 Å². The van der Waals surface area contributed by atoms with Crippen LogP contribution in [0.1, 0.15) is 9.67 Å². The van der Waals surface area contributed by atoms with E-state index in [-0.39, 0.29) is 0 Å². The van der Waals surface area contributed by atoms with Gasteiger partial charge in [0.05, 0.1) is 8.66 Å². The third-order valence-corrected chi connectivity index (χ3v) is 5.13. The topological polar surface area (TPSA) is 75.3 Å². The summed E-state index contributed by atoms with van der Waals surface area (Å²) in [4.78, 5) is 13.3. The number of hydrogen-bond acceptors (Lipinski definition) is 4. The van der Waals surface area contributed by atoms with E-state index in [1.807, 2.05) is 10.3 Å². The fourth-order valence-electron chi connectivity index (χ4n) is 1.33. The molecule has 9 heteroatoms. The average Bonchev–Trinajstić information content (AvgIpc) is 2.83. The first-order chi connectivity index (χ1) is 9.40. The minimum atomic E-state index is -4.15. The van der Waals surface area contributed by atoms with Gasteiger partial charge in [0, 0.05) is 0 Å². The van der Waals surface area contributed by atoms with Crippen LogP contribution in [0.5, 0.6) is 0 Å². The normalized spacial score (nSPS) is 11.3. The summed E-state index contributed by atoms with van der Waals surface area (Å²) in [6.45, 7) is 0. The third kappa shape index (κ3) is 3.42. The fraction of sp³-hybridized carbons (Fsp3) is 0. The van der Waals surface area contributed by atoms with Crippen molar-refractivity contribution in [1.29, 1.82) is 0 Å². The first-order valence-electron chi connectivity index (χ1n) is 5.22. The van der Waals surface area contributed by atoms with Crippen molar-refractivity contribution in [3.05, 3.63) is 50.9 Å². The number of halogens is 2. The van der Waals surface area contributed by atoms with Gasteiger partial charge < -0.3 is 0 Å². The minimum Gasteiger partial charge on any atom is -0.273 e. The molecule has 0 radical (unpaired) electrons. The molecule has 2 rings (SSSR count). The van der Waals surface area contributed by atoms with Crippen LogP contribution in [0, 0.1) is 5.82 Å². The molecule has 0 bridgehead atoms. The molecule has 0 aliphatic carbocycles. The smallest absolute Gasteiger partial charge is 0.273 e. The summed E-state index contributed by atoms with van der Waals surface area (Å²) in [5, 5.41) is 0. The van der Waals surface area contributed by atoms with Crippen molar-refractivity contribution >= 4 is 43.2 Å². The maximum absolute atomic E-state index is 13.4. The van der Waals surface area contributed by atoms with Crippen molar-refractivity contribution in [2.24, 2.45) is 0 Å². The Labute approximate surface area is 127 Å². The lowest BCUT2D eigenvalue weighted by molar-refractivity contribution is 0.0949. The van der Waals surface area contributed by atoms with Crippen molar-refractivity contribution < 1.29 is 17.6 Å². The highest BCUT2D eigenvalue weighted by Gasteiger charge is 2.19. The summed E-state index contributed by atoms with van der Waals surface area (Å²) in [5.74, 6) is -1.52. The summed E-state index contributed by atoms with van der Waals surface area (Å²) in [6, 6.07) is 8.07. The number of carbonyl (C=O) groups excluding carboxylic acids is 1. The molecule has 106 valence electrons. The van der Waals surface area contributed by atoms with Crippen LogP contribution in [-0.2, 0) is 10.0 Å². The van der Waals surface area contributed by atoms with Crippen molar-refractivity contribution in [2.75, 3.05) is 0 Å². The summed E-state index contributed by atoms with van der Waals surface area (Å²) < 4.78 is 37.8.